The standard InChI is InChI=1S/C62H42N6O/c1-40-32-62(63-38-41(40)2)68-58-27-12-7-22-52(58)53-31-30-47(37-61(53)68)69-46-17-15-16-42(36-46)64-39-65(60-29-14-13-28-59(60)64)43-33-44(66-54-23-8-3-18-48(54)49-19-4-9-24-55(49)66)35-45(34-43)67-56-25-10-5-20-50(56)51-21-6-11-26-57(51)67/h3-38H,1-2H3/i1D3,32D,38D. The quantitative estimate of drug-likeness (QED) is 0.118. The first-order chi connectivity index (χ1) is 36.1. The number of pyridine rings is 1. The predicted octanol–water partition coefficient (Wildman–Crippen LogP) is 14.8. The second-order valence-corrected chi connectivity index (χ2v) is 17.5. The van der Waals surface area contributed by atoms with Crippen molar-refractivity contribution in [2.75, 3.05) is 0 Å². The fraction of sp³-hybridized carbons (Fsp3) is 0.0323. The molecule has 0 saturated heterocycles. The lowest BCUT2D eigenvalue weighted by Gasteiger charge is -2.16. The fourth-order valence-electron chi connectivity index (χ4n) is 10.4. The van der Waals surface area contributed by atoms with Crippen molar-refractivity contribution in [3.63, 3.8) is 0 Å². The van der Waals surface area contributed by atoms with E-state index in [2.05, 4.69) is 163 Å². The number of hydrogen-bond donors (Lipinski definition) is 0. The number of imidazole rings is 1. The van der Waals surface area contributed by atoms with Gasteiger partial charge in [0.15, 0.2) is 0 Å². The van der Waals surface area contributed by atoms with Crippen molar-refractivity contribution >= 4 is 76.5 Å². The Kier molecular flexibility index (Phi) is 7.51. The van der Waals surface area contributed by atoms with Crippen LogP contribution in [-0.2, 0) is 0 Å². The average Bonchev–Trinajstić information content (AvgIpc) is 4.21. The van der Waals surface area contributed by atoms with E-state index in [1.54, 1.807) is 4.57 Å². The molecule has 0 bridgehead atoms. The molecule has 0 fully saturated rings. The lowest BCUT2D eigenvalue weighted by molar-refractivity contribution is -0.572. The van der Waals surface area contributed by atoms with Gasteiger partial charge >= 0.3 is 0 Å². The minimum absolute atomic E-state index is 0.0724. The van der Waals surface area contributed by atoms with Gasteiger partial charge in [0.1, 0.15) is 17.3 Å². The van der Waals surface area contributed by atoms with Gasteiger partial charge in [0.2, 0.25) is 0 Å². The van der Waals surface area contributed by atoms with Gasteiger partial charge < -0.3 is 13.9 Å². The summed E-state index contributed by atoms with van der Waals surface area (Å²) in [4.78, 5) is 4.52. The lowest BCUT2D eigenvalue weighted by Crippen LogP contribution is -2.30. The van der Waals surface area contributed by atoms with Crippen LogP contribution in [0.1, 0.15) is 18.0 Å². The third-order valence-corrected chi connectivity index (χ3v) is 13.5. The van der Waals surface area contributed by atoms with Crippen molar-refractivity contribution in [3.05, 3.63) is 236 Å². The SMILES string of the molecule is [2H]c1nc(-n2c3ccccc3c3ccc(Oc4cccc(-n5[c-][n+](-c6cc(-n7c8ccccc8c8ccccc87)cc(-n7c8ccccc8c8ccccc87)c6)c6ccccc65)c4)cc32)c([2H])c(C([2H])([2H])[2H])c1C. The van der Waals surface area contributed by atoms with Crippen molar-refractivity contribution in [1.82, 2.24) is 23.3 Å². The van der Waals surface area contributed by atoms with Gasteiger partial charge in [0, 0.05) is 60.0 Å². The van der Waals surface area contributed by atoms with Crippen LogP contribution in [0.5, 0.6) is 11.5 Å². The highest BCUT2D eigenvalue weighted by Crippen LogP contribution is 2.38. The van der Waals surface area contributed by atoms with Gasteiger partial charge in [-0.25, -0.2) is 4.98 Å². The molecule has 0 N–H and O–H groups in total. The third-order valence-electron chi connectivity index (χ3n) is 13.5. The van der Waals surface area contributed by atoms with Crippen molar-refractivity contribution in [3.8, 4) is 40.1 Å². The molecule has 0 aliphatic rings. The van der Waals surface area contributed by atoms with Crippen molar-refractivity contribution in [2.45, 2.75) is 13.8 Å². The molecule has 7 nitrogen and oxygen atoms in total. The summed E-state index contributed by atoms with van der Waals surface area (Å²) in [6.07, 6.45) is 3.59. The van der Waals surface area contributed by atoms with E-state index in [9.17, 15) is 0 Å². The van der Waals surface area contributed by atoms with Crippen molar-refractivity contribution < 1.29 is 16.2 Å². The maximum atomic E-state index is 9.15. The smallest absolute Gasteiger partial charge is 0.269 e. The largest absolute Gasteiger partial charge is 0.458 e. The van der Waals surface area contributed by atoms with E-state index in [-0.39, 0.29) is 29.2 Å². The van der Waals surface area contributed by atoms with E-state index < -0.39 is 6.85 Å². The number of para-hydroxylation sites is 7. The molecule has 0 saturated carbocycles. The third kappa shape index (κ3) is 6.07. The van der Waals surface area contributed by atoms with Crippen LogP contribution in [0.2, 0.25) is 0 Å². The molecule has 0 amide bonds. The molecular weight excluding hydrogens is 845 g/mol. The molecule has 14 aromatic rings. The van der Waals surface area contributed by atoms with Crippen LogP contribution < -0.4 is 9.30 Å². The molecule has 0 aliphatic carbocycles. The summed E-state index contributed by atoms with van der Waals surface area (Å²) in [5, 5.41) is 6.50. The monoisotopic (exact) mass is 891 g/mol. The minimum Gasteiger partial charge on any atom is -0.458 e. The molecule has 7 heteroatoms. The number of hydrogen-bond acceptors (Lipinski definition) is 2. The Labute approximate surface area is 404 Å². The zero-order valence-corrected chi connectivity index (χ0v) is 37.2. The topological polar surface area (TPSA) is 45.7 Å². The number of aromatic nitrogens is 6. The maximum absolute atomic E-state index is 9.15. The summed E-state index contributed by atoms with van der Waals surface area (Å²) in [5.74, 6) is 1.18. The second-order valence-electron chi connectivity index (χ2n) is 17.5. The van der Waals surface area contributed by atoms with Gasteiger partial charge in [0.25, 0.3) is 6.33 Å². The highest BCUT2D eigenvalue weighted by Gasteiger charge is 2.20. The summed E-state index contributed by atoms with van der Waals surface area (Å²) >= 11 is 0. The lowest BCUT2D eigenvalue weighted by atomic mass is 10.1. The molecule has 69 heavy (non-hydrogen) atoms. The fourth-order valence-corrected chi connectivity index (χ4v) is 10.4. The van der Waals surface area contributed by atoms with Crippen molar-refractivity contribution in [1.29, 1.82) is 0 Å². The Bertz CT molecular complexity index is 4400. The summed E-state index contributed by atoms with van der Waals surface area (Å²) in [7, 11) is 0. The molecule has 5 aromatic heterocycles. The summed E-state index contributed by atoms with van der Waals surface area (Å²) in [6.45, 7) is -1.07. The number of ether oxygens (including phenoxy) is 1. The molecule has 14 rings (SSSR count). The minimum atomic E-state index is -2.61. The first-order valence-corrected chi connectivity index (χ1v) is 23.0. The summed E-state index contributed by atoms with van der Waals surface area (Å²) in [6, 6.07) is 70.7. The van der Waals surface area contributed by atoms with Crippen LogP contribution in [0.4, 0.5) is 0 Å². The zero-order chi connectivity index (χ0) is 50.0. The molecule has 0 unspecified atom stereocenters. The Morgan fingerprint density at radius 3 is 1.55 bits per heavy atom. The van der Waals surface area contributed by atoms with Gasteiger partial charge in [-0.15, -0.1) is 0 Å². The molecule has 5 heterocycles. The van der Waals surface area contributed by atoms with Crippen molar-refractivity contribution in [2.24, 2.45) is 0 Å². The Hall–Kier alpha value is -9.20. The van der Waals surface area contributed by atoms with Gasteiger partial charge in [-0.3, -0.25) is 13.7 Å². The first-order valence-electron chi connectivity index (χ1n) is 25.5. The molecule has 0 spiro atoms. The normalized spacial score (nSPS) is 13.1. The van der Waals surface area contributed by atoms with Crippen LogP contribution >= 0.6 is 0 Å². The van der Waals surface area contributed by atoms with Crippen LogP contribution in [0.3, 0.4) is 0 Å². The molecule has 0 radical (unpaired) electrons. The highest BCUT2D eigenvalue weighted by molar-refractivity contribution is 6.11. The Morgan fingerprint density at radius 2 is 0.971 bits per heavy atom. The van der Waals surface area contributed by atoms with Crippen LogP contribution in [0, 0.1) is 20.1 Å². The van der Waals surface area contributed by atoms with E-state index in [1.807, 2.05) is 72.8 Å². The Balaban J connectivity index is 0.921. The molecule has 326 valence electrons. The second kappa shape index (κ2) is 15.2. The number of fused-ring (bicyclic) bond motifs is 10. The highest BCUT2D eigenvalue weighted by atomic mass is 16.5. The Morgan fingerprint density at radius 1 is 0.464 bits per heavy atom. The average molecular weight is 892 g/mol. The van der Waals surface area contributed by atoms with Gasteiger partial charge in [-0.1, -0.05) is 121 Å². The summed E-state index contributed by atoms with van der Waals surface area (Å²) in [5.41, 5.74) is 11.5. The van der Waals surface area contributed by atoms with Crippen LogP contribution in [0.15, 0.2) is 218 Å². The van der Waals surface area contributed by atoms with Gasteiger partial charge in [-0.05, 0) is 110 Å². The first kappa shape index (κ1) is 34.2. The van der Waals surface area contributed by atoms with Crippen LogP contribution in [0.25, 0.3) is 105 Å². The van der Waals surface area contributed by atoms with Gasteiger partial charge in [0.05, 0.1) is 58.2 Å². The van der Waals surface area contributed by atoms with E-state index in [0.29, 0.717) is 17.0 Å². The predicted molar refractivity (Wildman–Crippen MR) is 280 cm³/mol. The van der Waals surface area contributed by atoms with E-state index in [1.165, 1.54) is 28.5 Å². The number of benzene rings is 9. The number of rotatable bonds is 7. The molecule has 0 aliphatic heterocycles. The van der Waals surface area contributed by atoms with E-state index >= 15 is 0 Å². The molecular formula is C62H42N6O. The van der Waals surface area contributed by atoms with Gasteiger partial charge in [-0.2, -0.15) is 0 Å². The number of nitrogens with zero attached hydrogens (tertiary/aromatic N) is 6. The summed E-state index contributed by atoms with van der Waals surface area (Å²) < 4.78 is 60.0. The van der Waals surface area contributed by atoms with Crippen LogP contribution in [-0.4, -0.2) is 23.3 Å². The molecule has 0 atom stereocenters. The van der Waals surface area contributed by atoms with E-state index in [4.69, 9.17) is 11.6 Å². The maximum Gasteiger partial charge on any atom is 0.269 e. The zero-order valence-electron chi connectivity index (χ0n) is 42.2. The van der Waals surface area contributed by atoms with E-state index in [0.717, 1.165) is 72.1 Å². The molecule has 9 aromatic carbocycles.